The Bertz CT molecular complexity index is 399. The lowest BCUT2D eigenvalue weighted by Gasteiger charge is -2.25. The molecule has 92 valence electrons. The predicted molar refractivity (Wildman–Crippen MR) is 55.1 cm³/mol. The second-order valence-corrected chi connectivity index (χ2v) is 4.00. The maximum absolute atomic E-state index is 12.0. The van der Waals surface area contributed by atoms with Crippen molar-refractivity contribution in [3.05, 3.63) is 5.82 Å². The van der Waals surface area contributed by atoms with Gasteiger partial charge in [0.15, 0.2) is 0 Å². The van der Waals surface area contributed by atoms with Crippen LogP contribution < -0.4 is 0 Å². The van der Waals surface area contributed by atoms with E-state index in [0.29, 0.717) is 0 Å². The van der Waals surface area contributed by atoms with Gasteiger partial charge in [-0.1, -0.05) is 12.8 Å². The van der Waals surface area contributed by atoms with Gasteiger partial charge in [-0.15, -0.1) is 10.2 Å². The molecule has 0 atom stereocenters. The molecule has 0 unspecified atom stereocenters. The van der Waals surface area contributed by atoms with Crippen LogP contribution in [0.15, 0.2) is 0 Å². The summed E-state index contributed by atoms with van der Waals surface area (Å²) in [6, 6.07) is -0.0305. The quantitative estimate of drug-likeness (QED) is 0.743. The fraction of sp³-hybridized carbons (Fsp3) is 0.667. The highest BCUT2D eigenvalue weighted by Crippen LogP contribution is 2.24. The minimum absolute atomic E-state index is 0.0305. The van der Waals surface area contributed by atoms with Gasteiger partial charge >= 0.3 is 5.97 Å². The van der Waals surface area contributed by atoms with Crippen LogP contribution in [0.4, 0.5) is 0 Å². The molecule has 1 aliphatic rings. The number of H-pyrrole nitrogens is 1. The maximum Gasteiger partial charge on any atom is 0.323 e. The summed E-state index contributed by atoms with van der Waals surface area (Å²) in [5.74, 6) is -1.60. The van der Waals surface area contributed by atoms with Crippen molar-refractivity contribution in [3.63, 3.8) is 0 Å². The Morgan fingerprint density at radius 1 is 1.41 bits per heavy atom. The lowest BCUT2D eigenvalue weighted by molar-refractivity contribution is -0.138. The fourth-order valence-corrected chi connectivity index (χ4v) is 2.11. The third-order valence-electron chi connectivity index (χ3n) is 2.87. The zero-order valence-electron chi connectivity index (χ0n) is 9.17. The SMILES string of the molecule is O=C(O)CN(C(=O)c1nn[nH]n1)C1CCCC1. The van der Waals surface area contributed by atoms with Crippen LogP contribution in [0.25, 0.3) is 0 Å². The summed E-state index contributed by atoms with van der Waals surface area (Å²) >= 11 is 0. The predicted octanol–water partition coefficient (Wildman–Crippen LogP) is -0.331. The van der Waals surface area contributed by atoms with Crippen molar-refractivity contribution in [2.45, 2.75) is 31.7 Å². The fourth-order valence-electron chi connectivity index (χ4n) is 2.11. The summed E-state index contributed by atoms with van der Waals surface area (Å²) in [6.45, 7) is -0.321. The lowest BCUT2D eigenvalue weighted by atomic mass is 10.2. The standard InChI is InChI=1S/C9H13N5O3/c15-7(16)5-14(6-3-1-2-4-6)9(17)8-10-12-13-11-8/h6H,1-5H2,(H,15,16)(H,10,11,12,13). The van der Waals surface area contributed by atoms with Gasteiger partial charge in [0, 0.05) is 6.04 Å². The molecular formula is C9H13N5O3. The van der Waals surface area contributed by atoms with Crippen molar-refractivity contribution in [2.75, 3.05) is 6.54 Å². The van der Waals surface area contributed by atoms with Crippen molar-refractivity contribution in [1.29, 1.82) is 0 Å². The zero-order chi connectivity index (χ0) is 12.3. The zero-order valence-corrected chi connectivity index (χ0v) is 9.17. The van der Waals surface area contributed by atoms with Crippen LogP contribution in [0.2, 0.25) is 0 Å². The highest BCUT2D eigenvalue weighted by molar-refractivity contribution is 5.92. The minimum Gasteiger partial charge on any atom is -0.480 e. The lowest BCUT2D eigenvalue weighted by Crippen LogP contribution is -2.42. The molecule has 1 aromatic rings. The molecule has 17 heavy (non-hydrogen) atoms. The number of aromatic amines is 1. The van der Waals surface area contributed by atoms with E-state index in [1.54, 1.807) is 0 Å². The Hall–Kier alpha value is -1.99. The summed E-state index contributed by atoms with van der Waals surface area (Å²) < 4.78 is 0. The van der Waals surface area contributed by atoms with Crippen molar-refractivity contribution in [1.82, 2.24) is 25.5 Å². The Morgan fingerprint density at radius 2 is 2.12 bits per heavy atom. The third kappa shape index (κ3) is 2.58. The highest BCUT2D eigenvalue weighted by Gasteiger charge is 2.30. The third-order valence-corrected chi connectivity index (χ3v) is 2.87. The van der Waals surface area contributed by atoms with Gasteiger partial charge < -0.3 is 10.0 Å². The van der Waals surface area contributed by atoms with Crippen LogP contribution in [-0.2, 0) is 4.79 Å². The van der Waals surface area contributed by atoms with E-state index in [1.807, 2.05) is 0 Å². The Labute approximate surface area is 97.0 Å². The molecule has 0 bridgehead atoms. The molecule has 0 saturated heterocycles. The molecule has 1 amide bonds. The number of aliphatic carboxylic acids is 1. The molecule has 0 radical (unpaired) electrons. The van der Waals surface area contributed by atoms with E-state index < -0.39 is 11.9 Å². The second kappa shape index (κ2) is 4.89. The van der Waals surface area contributed by atoms with Gasteiger partial charge in [0.25, 0.3) is 11.7 Å². The van der Waals surface area contributed by atoms with E-state index >= 15 is 0 Å². The minimum atomic E-state index is -1.03. The van der Waals surface area contributed by atoms with Crippen molar-refractivity contribution in [3.8, 4) is 0 Å². The van der Waals surface area contributed by atoms with E-state index in [-0.39, 0.29) is 18.4 Å². The monoisotopic (exact) mass is 239 g/mol. The van der Waals surface area contributed by atoms with Crippen LogP contribution in [0.5, 0.6) is 0 Å². The van der Waals surface area contributed by atoms with Gasteiger partial charge in [0.1, 0.15) is 6.54 Å². The van der Waals surface area contributed by atoms with Gasteiger partial charge in [-0.3, -0.25) is 9.59 Å². The summed E-state index contributed by atoms with van der Waals surface area (Å²) in [4.78, 5) is 24.1. The first-order chi connectivity index (χ1) is 8.18. The Kier molecular flexibility index (Phi) is 3.31. The van der Waals surface area contributed by atoms with Gasteiger partial charge in [-0.25, -0.2) is 0 Å². The molecule has 2 N–H and O–H groups in total. The molecule has 1 aliphatic carbocycles. The first-order valence-corrected chi connectivity index (χ1v) is 5.44. The Balaban J connectivity index is 2.14. The molecule has 0 spiro atoms. The Morgan fingerprint density at radius 3 is 2.65 bits per heavy atom. The van der Waals surface area contributed by atoms with Crippen LogP contribution in [-0.4, -0.2) is 55.1 Å². The topological polar surface area (TPSA) is 112 Å². The van der Waals surface area contributed by atoms with Crippen LogP contribution in [0.3, 0.4) is 0 Å². The van der Waals surface area contributed by atoms with Crippen molar-refractivity contribution < 1.29 is 14.7 Å². The molecule has 0 aliphatic heterocycles. The number of carboxylic acids is 1. The smallest absolute Gasteiger partial charge is 0.323 e. The number of carboxylic acid groups (broad SMARTS) is 1. The number of nitrogens with zero attached hydrogens (tertiary/aromatic N) is 4. The van der Waals surface area contributed by atoms with Crippen LogP contribution in [0, 0.1) is 0 Å². The average molecular weight is 239 g/mol. The largest absolute Gasteiger partial charge is 0.480 e. The van der Waals surface area contributed by atoms with Crippen LogP contribution >= 0.6 is 0 Å². The number of carbonyl (C=O) groups is 2. The summed E-state index contributed by atoms with van der Waals surface area (Å²) in [5.41, 5.74) is 0. The van der Waals surface area contributed by atoms with Gasteiger partial charge in [0.05, 0.1) is 0 Å². The van der Waals surface area contributed by atoms with Crippen molar-refractivity contribution in [2.24, 2.45) is 0 Å². The second-order valence-electron chi connectivity index (χ2n) is 4.00. The number of rotatable bonds is 4. The van der Waals surface area contributed by atoms with E-state index in [1.165, 1.54) is 4.90 Å². The molecular weight excluding hydrogens is 226 g/mol. The number of aromatic nitrogens is 4. The molecule has 0 aromatic carbocycles. The number of tetrazole rings is 1. The normalized spacial score (nSPS) is 16.0. The molecule has 8 nitrogen and oxygen atoms in total. The van der Waals surface area contributed by atoms with Gasteiger partial charge in [0.2, 0.25) is 0 Å². The summed E-state index contributed by atoms with van der Waals surface area (Å²) in [6.07, 6.45) is 3.69. The van der Waals surface area contributed by atoms with E-state index in [4.69, 9.17) is 5.11 Å². The van der Waals surface area contributed by atoms with E-state index in [2.05, 4.69) is 20.6 Å². The average Bonchev–Trinajstić information content (AvgIpc) is 2.96. The molecule has 1 aromatic heterocycles. The van der Waals surface area contributed by atoms with Crippen molar-refractivity contribution >= 4 is 11.9 Å². The summed E-state index contributed by atoms with van der Waals surface area (Å²) in [5, 5.41) is 21.5. The van der Waals surface area contributed by atoms with Gasteiger partial charge in [-0.05, 0) is 18.1 Å². The molecule has 1 fully saturated rings. The maximum atomic E-state index is 12.0. The first-order valence-electron chi connectivity index (χ1n) is 5.44. The van der Waals surface area contributed by atoms with Gasteiger partial charge in [-0.2, -0.15) is 5.21 Å². The molecule has 2 rings (SSSR count). The van der Waals surface area contributed by atoms with E-state index in [9.17, 15) is 9.59 Å². The molecule has 1 saturated carbocycles. The number of hydrogen-bond donors (Lipinski definition) is 2. The highest BCUT2D eigenvalue weighted by atomic mass is 16.4. The number of carbonyl (C=O) groups excluding carboxylic acids is 1. The van der Waals surface area contributed by atoms with Crippen LogP contribution in [0.1, 0.15) is 36.3 Å². The summed E-state index contributed by atoms with van der Waals surface area (Å²) in [7, 11) is 0. The number of amides is 1. The number of nitrogens with one attached hydrogen (secondary N) is 1. The molecule has 1 heterocycles. The first kappa shape index (κ1) is 11.5. The molecule has 8 heteroatoms. The van der Waals surface area contributed by atoms with E-state index in [0.717, 1.165) is 25.7 Å². The number of hydrogen-bond acceptors (Lipinski definition) is 5.